The first-order chi connectivity index (χ1) is 9.96. The fourth-order valence-corrected chi connectivity index (χ4v) is 1.75. The fraction of sp³-hybridized carbons (Fsp3) is 0.467. The lowest BCUT2D eigenvalue weighted by molar-refractivity contribution is -0.125. The van der Waals surface area contributed by atoms with E-state index in [1.807, 2.05) is 13.8 Å². The van der Waals surface area contributed by atoms with Gasteiger partial charge >= 0.3 is 0 Å². The molecule has 0 radical (unpaired) electrons. The standard InChI is InChI=1S/C15H23N3O3/c1-10(2)8-14(19)17-11-4-6-12(7-5-11)18-15(20)13(9-16)21-3/h4-7,10,13H,8-9,16H2,1-3H3,(H,17,19)(H,18,20). The van der Waals surface area contributed by atoms with Gasteiger partial charge in [-0.25, -0.2) is 0 Å². The second-order valence-electron chi connectivity index (χ2n) is 5.17. The zero-order valence-corrected chi connectivity index (χ0v) is 12.7. The van der Waals surface area contributed by atoms with E-state index in [0.717, 1.165) is 0 Å². The van der Waals surface area contributed by atoms with Crippen LogP contribution in [-0.4, -0.2) is 31.6 Å². The maximum absolute atomic E-state index is 11.8. The molecule has 0 saturated heterocycles. The van der Waals surface area contributed by atoms with E-state index in [0.29, 0.717) is 23.7 Å². The summed E-state index contributed by atoms with van der Waals surface area (Å²) in [5.41, 5.74) is 6.74. The minimum Gasteiger partial charge on any atom is -0.370 e. The van der Waals surface area contributed by atoms with E-state index >= 15 is 0 Å². The van der Waals surface area contributed by atoms with Gasteiger partial charge in [-0.1, -0.05) is 13.8 Å². The molecule has 0 fully saturated rings. The van der Waals surface area contributed by atoms with E-state index in [1.165, 1.54) is 7.11 Å². The lowest BCUT2D eigenvalue weighted by Crippen LogP contribution is -2.35. The average Bonchev–Trinajstić information content (AvgIpc) is 2.41. The summed E-state index contributed by atoms with van der Waals surface area (Å²) in [7, 11) is 1.43. The molecule has 1 aromatic carbocycles. The molecule has 1 rings (SSSR count). The predicted molar refractivity (Wildman–Crippen MR) is 83.0 cm³/mol. The topological polar surface area (TPSA) is 93.4 Å². The number of rotatable bonds is 7. The quantitative estimate of drug-likeness (QED) is 0.711. The summed E-state index contributed by atoms with van der Waals surface area (Å²) in [6, 6.07) is 6.90. The van der Waals surface area contributed by atoms with Crippen molar-refractivity contribution in [1.29, 1.82) is 0 Å². The van der Waals surface area contributed by atoms with Crippen LogP contribution in [0.5, 0.6) is 0 Å². The number of ether oxygens (including phenoxy) is 1. The zero-order chi connectivity index (χ0) is 15.8. The predicted octanol–water partition coefficient (Wildman–Crippen LogP) is 1.58. The molecule has 0 aliphatic carbocycles. The highest BCUT2D eigenvalue weighted by atomic mass is 16.5. The molecule has 21 heavy (non-hydrogen) atoms. The first-order valence-corrected chi connectivity index (χ1v) is 6.90. The van der Waals surface area contributed by atoms with Crippen LogP contribution in [0, 0.1) is 5.92 Å². The Balaban J connectivity index is 2.58. The van der Waals surface area contributed by atoms with Gasteiger partial charge in [-0.15, -0.1) is 0 Å². The van der Waals surface area contributed by atoms with Crippen molar-refractivity contribution in [2.45, 2.75) is 26.4 Å². The van der Waals surface area contributed by atoms with Gasteiger partial charge in [0.2, 0.25) is 5.91 Å². The molecular weight excluding hydrogens is 270 g/mol. The van der Waals surface area contributed by atoms with Gasteiger partial charge in [0.05, 0.1) is 0 Å². The van der Waals surface area contributed by atoms with Crippen molar-refractivity contribution in [3.05, 3.63) is 24.3 Å². The number of nitrogens with two attached hydrogens (primary N) is 1. The SMILES string of the molecule is COC(CN)C(=O)Nc1ccc(NC(=O)CC(C)C)cc1. The normalized spacial score (nSPS) is 12.0. The number of amides is 2. The smallest absolute Gasteiger partial charge is 0.254 e. The number of methoxy groups -OCH3 is 1. The van der Waals surface area contributed by atoms with Crippen LogP contribution >= 0.6 is 0 Å². The Morgan fingerprint density at radius 1 is 1.14 bits per heavy atom. The number of benzene rings is 1. The van der Waals surface area contributed by atoms with Crippen molar-refractivity contribution in [3.8, 4) is 0 Å². The maximum atomic E-state index is 11.8. The lowest BCUT2D eigenvalue weighted by Gasteiger charge is -2.13. The Hall–Kier alpha value is -1.92. The van der Waals surface area contributed by atoms with E-state index in [-0.39, 0.29) is 18.4 Å². The molecule has 0 aliphatic rings. The van der Waals surface area contributed by atoms with Crippen molar-refractivity contribution < 1.29 is 14.3 Å². The van der Waals surface area contributed by atoms with Gasteiger partial charge < -0.3 is 21.1 Å². The maximum Gasteiger partial charge on any atom is 0.254 e. The monoisotopic (exact) mass is 293 g/mol. The fourth-order valence-electron chi connectivity index (χ4n) is 1.75. The molecule has 6 heteroatoms. The molecule has 0 spiro atoms. The van der Waals surface area contributed by atoms with Crippen molar-refractivity contribution in [2.24, 2.45) is 11.7 Å². The summed E-state index contributed by atoms with van der Waals surface area (Å²) in [5, 5.41) is 5.50. The van der Waals surface area contributed by atoms with Crippen LogP contribution in [0.4, 0.5) is 11.4 Å². The first-order valence-electron chi connectivity index (χ1n) is 6.90. The molecule has 1 atom stereocenters. The third-order valence-electron chi connectivity index (χ3n) is 2.82. The van der Waals surface area contributed by atoms with Gasteiger partial charge in [-0.05, 0) is 30.2 Å². The molecule has 2 amide bonds. The molecule has 0 saturated carbocycles. The van der Waals surface area contributed by atoms with Gasteiger partial charge in [0.25, 0.3) is 5.91 Å². The van der Waals surface area contributed by atoms with Gasteiger partial charge in [0.15, 0.2) is 0 Å². The Morgan fingerprint density at radius 2 is 1.67 bits per heavy atom. The summed E-state index contributed by atoms with van der Waals surface area (Å²) in [6.07, 6.45) is -0.194. The van der Waals surface area contributed by atoms with Crippen LogP contribution in [-0.2, 0) is 14.3 Å². The van der Waals surface area contributed by atoms with Crippen molar-refractivity contribution >= 4 is 23.2 Å². The van der Waals surface area contributed by atoms with Gasteiger partial charge in [-0.3, -0.25) is 9.59 Å². The zero-order valence-electron chi connectivity index (χ0n) is 12.7. The van der Waals surface area contributed by atoms with Gasteiger partial charge in [-0.2, -0.15) is 0 Å². The van der Waals surface area contributed by atoms with Crippen LogP contribution in [0.25, 0.3) is 0 Å². The molecule has 0 aromatic heterocycles. The van der Waals surface area contributed by atoms with Crippen LogP contribution in [0.1, 0.15) is 20.3 Å². The van der Waals surface area contributed by atoms with Crippen LogP contribution in [0.15, 0.2) is 24.3 Å². The second kappa shape index (κ2) is 8.39. The molecule has 4 N–H and O–H groups in total. The number of carbonyl (C=O) groups is 2. The highest BCUT2D eigenvalue weighted by molar-refractivity contribution is 5.95. The largest absolute Gasteiger partial charge is 0.370 e. The van der Waals surface area contributed by atoms with Crippen molar-refractivity contribution in [3.63, 3.8) is 0 Å². The number of hydrogen-bond acceptors (Lipinski definition) is 4. The van der Waals surface area contributed by atoms with Crippen molar-refractivity contribution in [1.82, 2.24) is 0 Å². The Bertz CT molecular complexity index is 468. The molecule has 1 aromatic rings. The highest BCUT2D eigenvalue weighted by Crippen LogP contribution is 2.15. The second-order valence-corrected chi connectivity index (χ2v) is 5.17. The highest BCUT2D eigenvalue weighted by Gasteiger charge is 2.15. The summed E-state index contributed by atoms with van der Waals surface area (Å²) < 4.78 is 4.95. The number of anilines is 2. The Kier molecular flexibility index (Phi) is 6.84. The molecule has 1 unspecified atom stereocenters. The Morgan fingerprint density at radius 3 is 2.10 bits per heavy atom. The molecule has 116 valence electrons. The molecule has 0 heterocycles. The van der Waals surface area contributed by atoms with Gasteiger partial charge in [0, 0.05) is 31.5 Å². The summed E-state index contributed by atoms with van der Waals surface area (Å²) in [5.74, 6) is -0.00763. The van der Waals surface area contributed by atoms with Crippen LogP contribution < -0.4 is 16.4 Å². The molecule has 0 aliphatic heterocycles. The number of nitrogens with one attached hydrogen (secondary N) is 2. The van der Waals surface area contributed by atoms with Crippen LogP contribution in [0.3, 0.4) is 0 Å². The molecular formula is C15H23N3O3. The Labute approximate surface area is 125 Å². The number of carbonyl (C=O) groups excluding carboxylic acids is 2. The van der Waals surface area contributed by atoms with Gasteiger partial charge in [0.1, 0.15) is 6.10 Å². The lowest BCUT2D eigenvalue weighted by atomic mass is 10.1. The van der Waals surface area contributed by atoms with E-state index in [9.17, 15) is 9.59 Å². The summed E-state index contributed by atoms with van der Waals surface area (Å²) in [4.78, 5) is 23.4. The number of hydrogen-bond donors (Lipinski definition) is 3. The third kappa shape index (κ3) is 5.93. The van der Waals surface area contributed by atoms with E-state index in [2.05, 4.69) is 10.6 Å². The average molecular weight is 293 g/mol. The first kappa shape index (κ1) is 17.1. The minimum atomic E-state index is -0.671. The summed E-state index contributed by atoms with van der Waals surface area (Å²) in [6.45, 7) is 4.09. The summed E-state index contributed by atoms with van der Waals surface area (Å²) >= 11 is 0. The van der Waals surface area contributed by atoms with E-state index in [1.54, 1.807) is 24.3 Å². The van der Waals surface area contributed by atoms with E-state index < -0.39 is 6.10 Å². The third-order valence-corrected chi connectivity index (χ3v) is 2.82. The molecule has 6 nitrogen and oxygen atoms in total. The minimum absolute atomic E-state index is 0.0237. The van der Waals surface area contributed by atoms with Crippen molar-refractivity contribution in [2.75, 3.05) is 24.3 Å². The van der Waals surface area contributed by atoms with E-state index in [4.69, 9.17) is 10.5 Å². The van der Waals surface area contributed by atoms with Crippen LogP contribution in [0.2, 0.25) is 0 Å². The molecule has 0 bridgehead atoms.